The maximum Gasteiger partial charge on any atom is 0.323 e. The summed E-state index contributed by atoms with van der Waals surface area (Å²) < 4.78 is 0. The molecule has 1 aromatic heterocycles. The zero-order valence-corrected chi connectivity index (χ0v) is 10.4. The predicted molar refractivity (Wildman–Crippen MR) is 69.6 cm³/mol. The highest BCUT2D eigenvalue weighted by atomic mass is 16.4. The molecular weight excluding hydrogens is 246 g/mol. The van der Waals surface area contributed by atoms with E-state index in [2.05, 4.69) is 9.97 Å². The molecule has 6 heteroatoms. The fourth-order valence-electron chi connectivity index (χ4n) is 1.80. The molecule has 0 unspecified atom stereocenters. The number of benzene rings is 1. The van der Waals surface area contributed by atoms with Gasteiger partial charge in [0.2, 0.25) is 0 Å². The summed E-state index contributed by atoms with van der Waals surface area (Å²) in [5.74, 6) is -0.471. The molecule has 1 atom stereocenters. The van der Waals surface area contributed by atoms with Gasteiger partial charge in [0.25, 0.3) is 0 Å². The number of phenolic OH excluding ortho intramolecular Hbond substituents is 1. The second-order valence-corrected chi connectivity index (χ2v) is 4.69. The number of aliphatic carboxylic acids is 1. The minimum Gasteiger partial charge on any atom is -0.507 e. The second-order valence-electron chi connectivity index (χ2n) is 4.69. The highest BCUT2D eigenvalue weighted by molar-refractivity contribution is 5.78. The molecule has 6 nitrogen and oxygen atoms in total. The zero-order valence-electron chi connectivity index (χ0n) is 10.4. The van der Waals surface area contributed by atoms with Crippen LogP contribution in [-0.4, -0.2) is 31.7 Å². The molecule has 0 saturated heterocycles. The molecule has 0 amide bonds. The van der Waals surface area contributed by atoms with E-state index >= 15 is 0 Å². The molecule has 0 bridgehead atoms. The van der Waals surface area contributed by atoms with Crippen LogP contribution in [0, 0.1) is 0 Å². The van der Waals surface area contributed by atoms with Gasteiger partial charge in [-0.05, 0) is 24.6 Å². The number of hydrogen-bond donors (Lipinski definition) is 4. The van der Waals surface area contributed by atoms with E-state index in [-0.39, 0.29) is 12.2 Å². The number of carboxylic acid groups (broad SMARTS) is 1. The number of nitrogens with two attached hydrogens (primary N) is 1. The van der Waals surface area contributed by atoms with Gasteiger partial charge in [-0.1, -0.05) is 6.07 Å². The van der Waals surface area contributed by atoms with Crippen molar-refractivity contribution in [2.75, 3.05) is 0 Å². The van der Waals surface area contributed by atoms with Gasteiger partial charge in [-0.2, -0.15) is 0 Å². The maximum absolute atomic E-state index is 11.0. The molecular formula is C13H15N3O3. The lowest BCUT2D eigenvalue weighted by molar-refractivity contribution is -0.142. The monoisotopic (exact) mass is 261 g/mol. The lowest BCUT2D eigenvalue weighted by Gasteiger charge is -2.19. The number of hydrogen-bond acceptors (Lipinski definition) is 4. The van der Waals surface area contributed by atoms with E-state index in [1.807, 2.05) is 0 Å². The highest BCUT2D eigenvalue weighted by Crippen LogP contribution is 2.28. The highest BCUT2D eigenvalue weighted by Gasteiger charge is 2.28. The molecule has 0 fully saturated rings. The van der Waals surface area contributed by atoms with Crippen molar-refractivity contribution in [2.45, 2.75) is 18.9 Å². The number of rotatable bonds is 4. The number of aromatic amines is 1. The van der Waals surface area contributed by atoms with Crippen LogP contribution in [0.25, 0.3) is 11.4 Å². The van der Waals surface area contributed by atoms with Gasteiger partial charge in [0, 0.05) is 18.8 Å². The fraction of sp³-hybridized carbons (Fsp3) is 0.231. The number of nitrogens with zero attached hydrogens (tertiary/aromatic N) is 1. The van der Waals surface area contributed by atoms with Gasteiger partial charge in [0.1, 0.15) is 17.1 Å². The van der Waals surface area contributed by atoms with Crippen LogP contribution in [0.15, 0.2) is 30.6 Å². The molecule has 0 aliphatic carbocycles. The first-order valence-electron chi connectivity index (χ1n) is 5.74. The Morgan fingerprint density at radius 3 is 2.84 bits per heavy atom. The molecule has 2 rings (SSSR count). The van der Waals surface area contributed by atoms with Gasteiger partial charge in [-0.3, -0.25) is 4.79 Å². The molecule has 0 aliphatic rings. The van der Waals surface area contributed by atoms with E-state index in [0.29, 0.717) is 11.4 Å². The molecule has 1 aromatic carbocycles. The Balaban J connectivity index is 2.35. The summed E-state index contributed by atoms with van der Waals surface area (Å²) in [6.07, 6.45) is 3.38. The Kier molecular flexibility index (Phi) is 3.26. The average Bonchev–Trinajstić information content (AvgIpc) is 2.84. The fourth-order valence-corrected chi connectivity index (χ4v) is 1.80. The van der Waals surface area contributed by atoms with Crippen LogP contribution in [0.5, 0.6) is 5.75 Å². The van der Waals surface area contributed by atoms with E-state index < -0.39 is 11.5 Å². The SMILES string of the molecule is C[C@@](N)(Cc1ccc(O)c(-c2ncc[nH]2)c1)C(=O)O. The first-order chi connectivity index (χ1) is 8.90. The van der Waals surface area contributed by atoms with Gasteiger partial charge in [0.05, 0.1) is 5.56 Å². The van der Waals surface area contributed by atoms with Crippen molar-refractivity contribution in [1.29, 1.82) is 0 Å². The third kappa shape index (κ3) is 2.74. The number of H-pyrrole nitrogens is 1. The first kappa shape index (κ1) is 13.1. The van der Waals surface area contributed by atoms with E-state index in [9.17, 15) is 9.90 Å². The molecule has 0 radical (unpaired) electrons. The summed E-state index contributed by atoms with van der Waals surface area (Å²) >= 11 is 0. The minimum absolute atomic E-state index is 0.0766. The maximum atomic E-state index is 11.0. The first-order valence-corrected chi connectivity index (χ1v) is 5.74. The summed E-state index contributed by atoms with van der Waals surface area (Å²) in [6, 6.07) is 4.84. The normalized spacial score (nSPS) is 14.0. The number of aromatic hydroxyl groups is 1. The minimum atomic E-state index is -1.35. The van der Waals surface area contributed by atoms with Crippen molar-refractivity contribution in [2.24, 2.45) is 5.73 Å². The molecule has 100 valence electrons. The number of nitrogens with one attached hydrogen (secondary N) is 1. The van der Waals surface area contributed by atoms with E-state index in [1.165, 1.54) is 13.0 Å². The van der Waals surface area contributed by atoms with Crippen molar-refractivity contribution in [1.82, 2.24) is 9.97 Å². The van der Waals surface area contributed by atoms with Crippen LogP contribution in [0.1, 0.15) is 12.5 Å². The molecule has 19 heavy (non-hydrogen) atoms. The molecule has 1 heterocycles. The molecule has 0 aliphatic heterocycles. The van der Waals surface area contributed by atoms with Gasteiger partial charge in [-0.15, -0.1) is 0 Å². The number of imidazole rings is 1. The van der Waals surface area contributed by atoms with Gasteiger partial charge in [0.15, 0.2) is 0 Å². The predicted octanol–water partition coefficient (Wildman–Crippen LogP) is 1.13. The van der Waals surface area contributed by atoms with Crippen LogP contribution < -0.4 is 5.73 Å². The third-order valence-corrected chi connectivity index (χ3v) is 2.87. The van der Waals surface area contributed by atoms with Crippen molar-refractivity contribution >= 4 is 5.97 Å². The van der Waals surface area contributed by atoms with E-state index in [0.717, 1.165) is 5.56 Å². The third-order valence-electron chi connectivity index (χ3n) is 2.87. The topological polar surface area (TPSA) is 112 Å². The number of carbonyl (C=O) groups is 1. The van der Waals surface area contributed by atoms with Crippen LogP contribution in [0.3, 0.4) is 0 Å². The number of phenols is 1. The van der Waals surface area contributed by atoms with Crippen LogP contribution >= 0.6 is 0 Å². The summed E-state index contributed by atoms with van der Waals surface area (Å²) in [5.41, 5.74) is 5.60. The standard InChI is InChI=1S/C13H15N3O3/c1-13(14,12(18)19)7-8-2-3-10(17)9(6-8)11-15-4-5-16-11/h2-6,17H,7,14H2,1H3,(H,15,16)(H,18,19)/t13-/m1/s1. The van der Waals surface area contributed by atoms with Gasteiger partial charge in [-0.25, -0.2) is 4.98 Å². The summed E-state index contributed by atoms with van der Waals surface area (Å²) in [4.78, 5) is 18.0. The van der Waals surface area contributed by atoms with Crippen LogP contribution in [0.2, 0.25) is 0 Å². The summed E-state index contributed by atoms with van der Waals surface area (Å²) in [7, 11) is 0. The number of carboxylic acids is 1. The van der Waals surface area contributed by atoms with Crippen molar-refractivity contribution in [3.63, 3.8) is 0 Å². The average molecular weight is 261 g/mol. The lowest BCUT2D eigenvalue weighted by atomic mass is 9.93. The van der Waals surface area contributed by atoms with Gasteiger partial charge >= 0.3 is 5.97 Å². The van der Waals surface area contributed by atoms with Crippen molar-refractivity contribution in [3.8, 4) is 17.1 Å². The molecule has 2 aromatic rings. The van der Waals surface area contributed by atoms with E-state index in [1.54, 1.807) is 24.5 Å². The zero-order chi connectivity index (χ0) is 14.0. The number of aromatic nitrogens is 2. The van der Waals surface area contributed by atoms with E-state index in [4.69, 9.17) is 10.8 Å². The Morgan fingerprint density at radius 2 is 2.26 bits per heavy atom. The smallest absolute Gasteiger partial charge is 0.323 e. The Bertz CT molecular complexity index is 591. The van der Waals surface area contributed by atoms with Crippen LogP contribution in [-0.2, 0) is 11.2 Å². The molecule has 0 spiro atoms. The van der Waals surface area contributed by atoms with Crippen molar-refractivity contribution in [3.05, 3.63) is 36.2 Å². The molecule has 0 saturated carbocycles. The van der Waals surface area contributed by atoms with Crippen molar-refractivity contribution < 1.29 is 15.0 Å². The summed E-state index contributed by atoms with van der Waals surface area (Å²) in [5, 5.41) is 18.8. The Labute approximate surface area is 109 Å². The summed E-state index contributed by atoms with van der Waals surface area (Å²) in [6.45, 7) is 1.45. The van der Waals surface area contributed by atoms with Gasteiger partial charge < -0.3 is 20.9 Å². The second kappa shape index (κ2) is 4.74. The Morgan fingerprint density at radius 1 is 1.53 bits per heavy atom. The lowest BCUT2D eigenvalue weighted by Crippen LogP contribution is -2.46. The Hall–Kier alpha value is -2.34. The van der Waals surface area contributed by atoms with Crippen LogP contribution in [0.4, 0.5) is 0 Å². The quantitative estimate of drug-likeness (QED) is 0.659. The largest absolute Gasteiger partial charge is 0.507 e. The molecule has 5 N–H and O–H groups in total.